The fourth-order valence-electron chi connectivity index (χ4n) is 2.17. The number of hydrogen-bond acceptors (Lipinski definition) is 4. The van der Waals surface area contributed by atoms with Gasteiger partial charge in [0.15, 0.2) is 0 Å². The molecule has 5 heteroatoms. The van der Waals surface area contributed by atoms with E-state index in [2.05, 4.69) is 32.2 Å². The Hall–Kier alpha value is -1.07. The zero-order valence-corrected chi connectivity index (χ0v) is 11.9. The Kier molecular flexibility index (Phi) is 4.60. The molecule has 1 N–H and O–H groups in total. The predicted octanol–water partition coefficient (Wildman–Crippen LogP) is 1.79. The van der Waals surface area contributed by atoms with Crippen molar-refractivity contribution in [3.8, 4) is 0 Å². The topological polar surface area (TPSA) is 41.6 Å². The first-order valence-corrected chi connectivity index (χ1v) is 6.79. The van der Waals surface area contributed by atoms with Gasteiger partial charge in [-0.25, -0.2) is 0 Å². The number of methoxy groups -OCH3 is 1. The van der Waals surface area contributed by atoms with Crippen molar-refractivity contribution >= 4 is 27.6 Å². The van der Waals surface area contributed by atoms with E-state index in [1.807, 2.05) is 18.2 Å². The molecule has 0 saturated carbocycles. The summed E-state index contributed by atoms with van der Waals surface area (Å²) in [5, 5.41) is 3.35. The second-order valence-corrected chi connectivity index (χ2v) is 5.18. The summed E-state index contributed by atoms with van der Waals surface area (Å²) in [6.07, 6.45) is 0.414. The van der Waals surface area contributed by atoms with E-state index in [1.165, 1.54) is 12.8 Å². The number of piperazine rings is 1. The minimum Gasteiger partial charge on any atom is -0.469 e. The summed E-state index contributed by atoms with van der Waals surface area (Å²) in [4.78, 5) is 13.6. The van der Waals surface area contributed by atoms with Crippen LogP contribution < -0.4 is 10.2 Å². The lowest BCUT2D eigenvalue weighted by Crippen LogP contribution is -2.51. The van der Waals surface area contributed by atoms with Crippen molar-refractivity contribution in [2.75, 3.05) is 31.6 Å². The summed E-state index contributed by atoms with van der Waals surface area (Å²) in [7, 11) is 1.43. The molecule has 0 spiro atoms. The standard InChI is InChI=1S/C13H17BrN2O2/c1-18-13(17)8-10-9-16(7-6-15-10)12-5-3-2-4-11(12)14/h2-5,10,15H,6-9H2,1H3. The lowest BCUT2D eigenvalue weighted by Gasteiger charge is -2.35. The molecule has 1 fully saturated rings. The first-order chi connectivity index (χ1) is 8.70. The van der Waals surface area contributed by atoms with Gasteiger partial charge in [-0.2, -0.15) is 0 Å². The Morgan fingerprint density at radius 2 is 2.33 bits per heavy atom. The number of ether oxygens (including phenoxy) is 1. The molecule has 0 aliphatic carbocycles. The molecule has 18 heavy (non-hydrogen) atoms. The lowest BCUT2D eigenvalue weighted by molar-refractivity contribution is -0.141. The summed E-state index contributed by atoms with van der Waals surface area (Å²) >= 11 is 3.56. The molecule has 1 unspecified atom stereocenters. The molecule has 1 aromatic carbocycles. The van der Waals surface area contributed by atoms with Crippen LogP contribution in [0.1, 0.15) is 6.42 Å². The third kappa shape index (κ3) is 3.23. The van der Waals surface area contributed by atoms with Crippen molar-refractivity contribution in [3.63, 3.8) is 0 Å². The highest BCUT2D eigenvalue weighted by atomic mass is 79.9. The Morgan fingerprint density at radius 3 is 3.06 bits per heavy atom. The summed E-state index contributed by atoms with van der Waals surface area (Å²) in [6.45, 7) is 2.64. The maximum atomic E-state index is 11.3. The highest BCUT2D eigenvalue weighted by Crippen LogP contribution is 2.26. The molecule has 1 aliphatic rings. The van der Waals surface area contributed by atoms with Crippen molar-refractivity contribution in [1.29, 1.82) is 0 Å². The smallest absolute Gasteiger partial charge is 0.307 e. The Bertz CT molecular complexity index is 425. The highest BCUT2D eigenvalue weighted by molar-refractivity contribution is 9.10. The Balaban J connectivity index is 2.03. The quantitative estimate of drug-likeness (QED) is 0.864. The minimum absolute atomic E-state index is 0.151. The third-order valence-corrected chi connectivity index (χ3v) is 3.76. The zero-order valence-electron chi connectivity index (χ0n) is 10.4. The number of anilines is 1. The number of nitrogens with one attached hydrogen (secondary N) is 1. The molecule has 0 amide bonds. The molecule has 1 aromatic rings. The number of esters is 1. The first kappa shape index (κ1) is 13.4. The van der Waals surface area contributed by atoms with E-state index in [-0.39, 0.29) is 12.0 Å². The number of halogens is 1. The van der Waals surface area contributed by atoms with E-state index >= 15 is 0 Å². The van der Waals surface area contributed by atoms with E-state index in [0.29, 0.717) is 6.42 Å². The molecular weight excluding hydrogens is 296 g/mol. The zero-order chi connectivity index (χ0) is 13.0. The van der Waals surface area contributed by atoms with Crippen LogP contribution in [0.15, 0.2) is 28.7 Å². The normalized spacial score (nSPS) is 19.7. The number of carbonyl (C=O) groups is 1. The van der Waals surface area contributed by atoms with Gasteiger partial charge in [0, 0.05) is 30.1 Å². The number of carbonyl (C=O) groups excluding carboxylic acids is 1. The molecule has 1 atom stereocenters. The maximum absolute atomic E-state index is 11.3. The van der Waals surface area contributed by atoms with Crippen molar-refractivity contribution in [2.45, 2.75) is 12.5 Å². The predicted molar refractivity (Wildman–Crippen MR) is 74.8 cm³/mol. The molecule has 98 valence electrons. The molecule has 1 aliphatic heterocycles. The van der Waals surface area contributed by atoms with Gasteiger partial charge < -0.3 is 15.0 Å². The van der Waals surface area contributed by atoms with Crippen LogP contribution >= 0.6 is 15.9 Å². The van der Waals surface area contributed by atoms with Gasteiger partial charge in [0.1, 0.15) is 0 Å². The van der Waals surface area contributed by atoms with Crippen molar-refractivity contribution in [1.82, 2.24) is 5.32 Å². The van der Waals surface area contributed by atoms with Gasteiger partial charge in [-0.05, 0) is 28.1 Å². The van der Waals surface area contributed by atoms with Crippen molar-refractivity contribution in [3.05, 3.63) is 28.7 Å². The van der Waals surface area contributed by atoms with Gasteiger partial charge in [-0.1, -0.05) is 12.1 Å². The van der Waals surface area contributed by atoms with Gasteiger partial charge in [-0.3, -0.25) is 4.79 Å². The van der Waals surface area contributed by atoms with Gasteiger partial charge >= 0.3 is 5.97 Å². The SMILES string of the molecule is COC(=O)CC1CN(c2ccccc2Br)CCN1. The van der Waals surface area contributed by atoms with Crippen LogP contribution in [0, 0.1) is 0 Å². The molecule has 0 bridgehead atoms. The molecule has 1 heterocycles. The maximum Gasteiger partial charge on any atom is 0.307 e. The first-order valence-electron chi connectivity index (χ1n) is 6.00. The van der Waals surface area contributed by atoms with Crippen LogP contribution in [0.5, 0.6) is 0 Å². The van der Waals surface area contributed by atoms with Crippen molar-refractivity contribution in [2.24, 2.45) is 0 Å². The summed E-state index contributed by atoms with van der Waals surface area (Å²) in [5.74, 6) is -0.165. The second-order valence-electron chi connectivity index (χ2n) is 4.33. The largest absolute Gasteiger partial charge is 0.469 e. The average Bonchev–Trinajstić information content (AvgIpc) is 2.39. The Labute approximate surface area is 115 Å². The van der Waals surface area contributed by atoms with E-state index in [0.717, 1.165) is 24.1 Å². The highest BCUT2D eigenvalue weighted by Gasteiger charge is 2.22. The molecule has 1 saturated heterocycles. The summed E-state index contributed by atoms with van der Waals surface area (Å²) in [6, 6.07) is 8.30. The van der Waals surface area contributed by atoms with Crippen LogP contribution in [0.25, 0.3) is 0 Å². The molecular formula is C13H17BrN2O2. The van der Waals surface area contributed by atoms with Crippen LogP contribution in [-0.4, -0.2) is 38.8 Å². The monoisotopic (exact) mass is 312 g/mol. The molecule has 0 radical (unpaired) electrons. The van der Waals surface area contributed by atoms with Gasteiger partial charge in [0.2, 0.25) is 0 Å². The van der Waals surface area contributed by atoms with Crippen LogP contribution in [0.2, 0.25) is 0 Å². The fourth-order valence-corrected chi connectivity index (χ4v) is 2.71. The van der Waals surface area contributed by atoms with E-state index in [4.69, 9.17) is 4.74 Å². The van der Waals surface area contributed by atoms with Gasteiger partial charge in [-0.15, -0.1) is 0 Å². The average molecular weight is 313 g/mol. The van der Waals surface area contributed by atoms with Gasteiger partial charge in [0.25, 0.3) is 0 Å². The number of hydrogen-bond donors (Lipinski definition) is 1. The lowest BCUT2D eigenvalue weighted by atomic mass is 10.1. The van der Waals surface area contributed by atoms with Crippen LogP contribution in [0.4, 0.5) is 5.69 Å². The number of para-hydroxylation sites is 1. The third-order valence-electron chi connectivity index (χ3n) is 3.09. The Morgan fingerprint density at radius 1 is 1.56 bits per heavy atom. The number of benzene rings is 1. The van der Waals surface area contributed by atoms with Crippen LogP contribution in [-0.2, 0) is 9.53 Å². The molecule has 0 aromatic heterocycles. The minimum atomic E-state index is -0.165. The number of nitrogens with zero attached hydrogens (tertiary/aromatic N) is 1. The van der Waals surface area contributed by atoms with E-state index in [1.54, 1.807) is 0 Å². The molecule has 2 rings (SSSR count). The molecule has 4 nitrogen and oxygen atoms in total. The van der Waals surface area contributed by atoms with E-state index in [9.17, 15) is 4.79 Å². The fraction of sp³-hybridized carbons (Fsp3) is 0.462. The van der Waals surface area contributed by atoms with Crippen molar-refractivity contribution < 1.29 is 9.53 Å². The summed E-state index contributed by atoms with van der Waals surface area (Å²) in [5.41, 5.74) is 1.17. The van der Waals surface area contributed by atoms with Crippen LogP contribution in [0.3, 0.4) is 0 Å². The van der Waals surface area contributed by atoms with E-state index < -0.39 is 0 Å². The van der Waals surface area contributed by atoms with Gasteiger partial charge in [0.05, 0.1) is 19.2 Å². The summed E-state index contributed by atoms with van der Waals surface area (Å²) < 4.78 is 5.80. The second kappa shape index (κ2) is 6.20. The number of rotatable bonds is 3.